The summed E-state index contributed by atoms with van der Waals surface area (Å²) in [4.78, 5) is 13.6. The van der Waals surface area contributed by atoms with Crippen LogP contribution in [0, 0.1) is 0 Å². The van der Waals surface area contributed by atoms with E-state index in [1.165, 1.54) is 20.5 Å². The van der Waals surface area contributed by atoms with Crippen LogP contribution in [0.25, 0.3) is 52.8 Å². The van der Waals surface area contributed by atoms with Gasteiger partial charge in [0.25, 0.3) is 0 Å². The molecule has 0 aliphatic carbocycles. The van der Waals surface area contributed by atoms with Crippen molar-refractivity contribution in [1.29, 1.82) is 0 Å². The molecule has 8 heteroatoms. The molecule has 0 amide bonds. The molecule has 0 saturated carbocycles. The number of fused-ring (bicyclic) bond motifs is 2. The van der Waals surface area contributed by atoms with E-state index in [0.717, 1.165) is 38.1 Å². The van der Waals surface area contributed by atoms with Crippen molar-refractivity contribution in [3.8, 4) is 38.1 Å². The van der Waals surface area contributed by atoms with Gasteiger partial charge in [0, 0.05) is 43.0 Å². The number of hydrogen-bond acceptors (Lipinski definition) is 6. The number of rotatable bonds is 5. The molecule has 1 radical (unpaired) electrons. The summed E-state index contributed by atoms with van der Waals surface area (Å²) in [6.45, 7) is 11.3. The second-order valence-corrected chi connectivity index (χ2v) is 20.1. The summed E-state index contributed by atoms with van der Waals surface area (Å²) < 4.78 is 8.83. The van der Waals surface area contributed by atoms with E-state index in [-0.39, 0.29) is 25.1 Å². The average Bonchev–Trinajstić information content (AvgIpc) is 3.78. The maximum Gasteiger partial charge on any atom is 0.250 e. The first-order valence-corrected chi connectivity index (χ1v) is 21.2. The van der Waals surface area contributed by atoms with E-state index >= 15 is 0 Å². The maximum absolute atomic E-state index is 6.34. The Morgan fingerprint density at radius 1 is 0.529 bits per heavy atom. The van der Waals surface area contributed by atoms with Gasteiger partial charge in [-0.1, -0.05) is 124 Å². The Morgan fingerprint density at radius 3 is 1.47 bits per heavy atom. The molecule has 3 aromatic heterocycles. The molecule has 0 spiro atoms. The zero-order valence-corrected chi connectivity index (χ0v) is 34.4. The van der Waals surface area contributed by atoms with Gasteiger partial charge in [0.1, 0.15) is 15.8 Å². The molecule has 0 atom stereocenters. The Bertz CT molecular complexity index is 2090. The van der Waals surface area contributed by atoms with E-state index in [2.05, 4.69) is 122 Å². The van der Waals surface area contributed by atoms with E-state index in [9.17, 15) is 0 Å². The van der Waals surface area contributed by atoms with Crippen molar-refractivity contribution >= 4 is 51.4 Å². The second-order valence-electron chi connectivity index (χ2n) is 13.3. The van der Waals surface area contributed by atoms with E-state index in [1.54, 1.807) is 22.7 Å². The summed E-state index contributed by atoms with van der Waals surface area (Å²) in [7, 11) is -1.79. The van der Waals surface area contributed by atoms with E-state index < -0.39 is 8.32 Å². The third-order valence-electron chi connectivity index (χ3n) is 8.60. The van der Waals surface area contributed by atoms with Crippen LogP contribution in [0.15, 0.2) is 158 Å². The number of para-hydroxylation sites is 2. The zero-order chi connectivity index (χ0) is 35.0. The van der Waals surface area contributed by atoms with Crippen LogP contribution in [0.5, 0.6) is 5.75 Å². The normalized spacial score (nSPS) is 11.1. The topological polar surface area (TPSA) is 47.9 Å². The van der Waals surface area contributed by atoms with Crippen LogP contribution in [0.3, 0.4) is 0 Å². The molecule has 0 N–H and O–H groups in total. The largest absolute Gasteiger partial charge is 0.543 e. The van der Waals surface area contributed by atoms with Crippen LogP contribution >= 0.6 is 22.7 Å². The smallest absolute Gasteiger partial charge is 0.250 e. The summed E-state index contributed by atoms with van der Waals surface area (Å²) in [6, 6.07) is 51.3. The number of benzene rings is 5. The Kier molecular flexibility index (Phi) is 12.9. The van der Waals surface area contributed by atoms with Crippen molar-refractivity contribution in [3.63, 3.8) is 0 Å². The Balaban J connectivity index is 0.000000149. The van der Waals surface area contributed by atoms with Crippen molar-refractivity contribution in [2.24, 2.45) is 0 Å². The summed E-state index contributed by atoms with van der Waals surface area (Å²) in [6.07, 6.45) is 1.82. The molecule has 8 rings (SSSR count). The fourth-order valence-corrected chi connectivity index (χ4v) is 7.82. The molecule has 5 aromatic carbocycles. The SMILES string of the molecule is CC(C)(C)[Si](C)(C)Oc1cccc(-c2ccccn2)c1.[Ir].c1ccc(-c2nc3ccccc3s2)cc1.c1ccc(-c2nc3ccccc3s2)cc1. The molecule has 259 valence electrons. The van der Waals surface area contributed by atoms with Crippen LogP contribution in [0.4, 0.5) is 0 Å². The van der Waals surface area contributed by atoms with Gasteiger partial charge in [0.2, 0.25) is 8.32 Å². The molecule has 0 aliphatic rings. The van der Waals surface area contributed by atoms with Gasteiger partial charge < -0.3 is 4.43 Å². The average molecular weight is 900 g/mol. The Labute approximate surface area is 323 Å². The van der Waals surface area contributed by atoms with Gasteiger partial charge in [-0.3, -0.25) is 4.98 Å². The van der Waals surface area contributed by atoms with Gasteiger partial charge in [0.05, 0.1) is 26.1 Å². The minimum Gasteiger partial charge on any atom is -0.543 e. The van der Waals surface area contributed by atoms with Crippen LogP contribution < -0.4 is 4.43 Å². The van der Waals surface area contributed by atoms with Crippen molar-refractivity contribution < 1.29 is 24.5 Å². The second kappa shape index (κ2) is 17.3. The van der Waals surface area contributed by atoms with Crippen LogP contribution in [0.2, 0.25) is 18.1 Å². The van der Waals surface area contributed by atoms with E-state index in [1.807, 2.05) is 85.1 Å². The molecule has 0 bridgehead atoms. The molecule has 4 nitrogen and oxygen atoms in total. The third kappa shape index (κ3) is 9.94. The number of pyridine rings is 1. The standard InChI is InChI=1S/C17H23NOSi.2C13H9NS.Ir/c1-17(2,3)20(4,5)19-15-10-8-9-14(13-15)16-11-6-7-12-18-16;2*1-2-6-10(7-3-1)13-14-11-8-4-5-9-12(11)15-13;/h6-13H,1-5H3;2*1-9H;. The molecule has 0 saturated heterocycles. The summed E-state index contributed by atoms with van der Waals surface area (Å²) in [5.41, 5.74) is 6.63. The first-order valence-electron chi connectivity index (χ1n) is 16.7. The maximum atomic E-state index is 6.34. The van der Waals surface area contributed by atoms with Crippen molar-refractivity contribution in [1.82, 2.24) is 15.0 Å². The summed E-state index contributed by atoms with van der Waals surface area (Å²) in [5, 5.41) is 2.39. The number of nitrogens with zero attached hydrogens (tertiary/aromatic N) is 3. The minimum absolute atomic E-state index is 0. The van der Waals surface area contributed by atoms with Crippen LogP contribution in [0.1, 0.15) is 20.8 Å². The monoisotopic (exact) mass is 900 g/mol. The molecule has 3 heterocycles. The summed E-state index contributed by atoms with van der Waals surface area (Å²) in [5.74, 6) is 0.944. The van der Waals surface area contributed by atoms with Gasteiger partial charge in [-0.2, -0.15) is 0 Å². The molecule has 8 aromatic rings. The fourth-order valence-electron chi connectivity index (χ4n) is 4.85. The van der Waals surface area contributed by atoms with Crippen molar-refractivity contribution in [2.75, 3.05) is 0 Å². The predicted molar refractivity (Wildman–Crippen MR) is 218 cm³/mol. The number of thiazole rings is 2. The first-order chi connectivity index (χ1) is 24.2. The van der Waals surface area contributed by atoms with Crippen molar-refractivity contribution in [2.45, 2.75) is 38.9 Å². The Morgan fingerprint density at radius 2 is 1.00 bits per heavy atom. The molecule has 51 heavy (non-hydrogen) atoms. The first kappa shape index (κ1) is 37.9. The molecule has 0 aliphatic heterocycles. The molecular formula is C43H41IrN3OS2Si. The minimum atomic E-state index is -1.79. The third-order valence-corrected chi connectivity index (χ3v) is 15.1. The predicted octanol–water partition coefficient (Wildman–Crippen LogP) is 13.1. The van der Waals surface area contributed by atoms with E-state index in [0.29, 0.717) is 0 Å². The van der Waals surface area contributed by atoms with Crippen molar-refractivity contribution in [3.05, 3.63) is 158 Å². The molecule has 0 fully saturated rings. The van der Waals surface area contributed by atoms with Gasteiger partial charge in [-0.05, 0) is 66.7 Å². The van der Waals surface area contributed by atoms with Gasteiger partial charge >= 0.3 is 0 Å². The molecular weight excluding hydrogens is 859 g/mol. The van der Waals surface area contributed by atoms with E-state index in [4.69, 9.17) is 4.43 Å². The number of hydrogen-bond donors (Lipinski definition) is 0. The van der Waals surface area contributed by atoms with Crippen LogP contribution in [-0.4, -0.2) is 23.3 Å². The quantitative estimate of drug-likeness (QED) is 0.162. The molecule has 0 unspecified atom stereocenters. The van der Waals surface area contributed by atoms with Gasteiger partial charge in [-0.15, -0.1) is 22.7 Å². The fraction of sp³-hybridized carbons (Fsp3) is 0.140. The summed E-state index contributed by atoms with van der Waals surface area (Å²) >= 11 is 3.48. The van der Waals surface area contributed by atoms with Gasteiger partial charge in [-0.25, -0.2) is 9.97 Å². The van der Waals surface area contributed by atoms with Gasteiger partial charge in [0.15, 0.2) is 0 Å². The van der Waals surface area contributed by atoms with Crippen LogP contribution in [-0.2, 0) is 20.1 Å². The number of aromatic nitrogens is 3. The Hall–Kier alpha value is -4.30. The zero-order valence-electron chi connectivity index (χ0n) is 29.4.